The van der Waals surface area contributed by atoms with Crippen LogP contribution in [0.15, 0.2) is 249 Å². The van der Waals surface area contributed by atoms with Crippen molar-refractivity contribution in [2.75, 3.05) is 0 Å². The van der Waals surface area contributed by atoms with Crippen LogP contribution in [0.2, 0.25) is 0 Å². The number of rotatable bonds is 5. The Morgan fingerprint density at radius 2 is 0.722 bits per heavy atom. The zero-order valence-electron chi connectivity index (χ0n) is 51.8. The van der Waals surface area contributed by atoms with Gasteiger partial charge in [0.1, 0.15) is 0 Å². The second-order valence-corrected chi connectivity index (χ2v) is 28.4. The quantitative estimate of drug-likeness (QED) is 0.163. The van der Waals surface area contributed by atoms with Crippen molar-refractivity contribution in [1.29, 1.82) is 0 Å². The average molecular weight is 1150 g/mol. The lowest BCUT2D eigenvalue weighted by atomic mass is 9.71. The molecule has 20 rings (SSSR count). The molecule has 0 saturated carbocycles. The first-order valence-electron chi connectivity index (χ1n) is 32.4. The smallest absolute Gasteiger partial charge is 0.0626 e. The molecule has 1 unspecified atom stereocenters. The fraction of sp³-hybridized carbons (Fsp3) is 0.136. The summed E-state index contributed by atoms with van der Waals surface area (Å²) in [5.41, 5.74) is 37.6. The summed E-state index contributed by atoms with van der Waals surface area (Å²) in [7, 11) is 0. The average Bonchev–Trinajstić information content (AvgIpc) is 1.51. The molecule has 5 aliphatic rings. The van der Waals surface area contributed by atoms with Gasteiger partial charge < -0.3 is 9.13 Å². The lowest BCUT2D eigenvalue weighted by Crippen LogP contribution is -2.25. The van der Waals surface area contributed by atoms with Gasteiger partial charge in [0.15, 0.2) is 0 Å². The molecule has 2 heteroatoms. The van der Waals surface area contributed by atoms with E-state index in [0.717, 1.165) is 6.42 Å². The standard InChI is InChI=1S/C88H64N2/c1-85(2)66-38-18-13-31-60(66)73-79-75(62-33-15-20-40-68(62)87(79,5)6)83-78(80(73)85)65-44-43-50(47-71(65)90(83)53-28-23-25-51(48-53)54-45-46-59-56-30-12-11-29-55(56)58-37-24-36-57(54)72(58)59)49-88(7)69-41-21-16-34-63(69)76-82(88)74-61-32-14-19-39-67(61)86(3,4)81(74)77-64-35-17-22-42-70(64)89(84(76)77)52-26-9-8-10-27-52/h8-48H,49H2,1-7H3. The van der Waals surface area contributed by atoms with Crippen LogP contribution in [-0.4, -0.2) is 9.13 Å². The van der Waals surface area contributed by atoms with E-state index in [2.05, 4.69) is 306 Å². The van der Waals surface area contributed by atoms with E-state index in [4.69, 9.17) is 0 Å². The third-order valence-corrected chi connectivity index (χ3v) is 22.7. The number of para-hydroxylation sites is 2. The molecule has 2 nitrogen and oxygen atoms in total. The van der Waals surface area contributed by atoms with Gasteiger partial charge in [-0.25, -0.2) is 0 Å². The molecule has 0 fully saturated rings. The van der Waals surface area contributed by atoms with Crippen LogP contribution in [-0.2, 0) is 28.1 Å². The molecule has 5 aliphatic carbocycles. The lowest BCUT2D eigenvalue weighted by molar-refractivity contribution is 0.583. The van der Waals surface area contributed by atoms with E-state index in [1.165, 1.54) is 194 Å². The molecule has 0 N–H and O–H groups in total. The van der Waals surface area contributed by atoms with Crippen molar-refractivity contribution in [2.45, 2.75) is 76.5 Å². The topological polar surface area (TPSA) is 9.86 Å². The van der Waals surface area contributed by atoms with E-state index in [1.54, 1.807) is 0 Å². The van der Waals surface area contributed by atoms with E-state index in [9.17, 15) is 0 Å². The monoisotopic (exact) mass is 1150 g/mol. The number of hydrogen-bond acceptors (Lipinski definition) is 0. The van der Waals surface area contributed by atoms with E-state index in [-0.39, 0.29) is 16.2 Å². The molecule has 2 aromatic heterocycles. The molecular weight excluding hydrogens is 1080 g/mol. The number of hydrogen-bond donors (Lipinski definition) is 0. The highest BCUT2D eigenvalue weighted by Gasteiger charge is 2.51. The molecule has 2 heterocycles. The first-order valence-corrected chi connectivity index (χ1v) is 32.4. The minimum Gasteiger partial charge on any atom is -0.309 e. The van der Waals surface area contributed by atoms with Crippen LogP contribution in [0.25, 0.3) is 144 Å². The van der Waals surface area contributed by atoms with Crippen LogP contribution in [0.5, 0.6) is 0 Å². The molecule has 426 valence electrons. The van der Waals surface area contributed by atoms with Crippen LogP contribution in [0.1, 0.15) is 98.5 Å². The molecule has 0 aliphatic heterocycles. The maximum atomic E-state index is 2.72. The Balaban J connectivity index is 0.894. The Morgan fingerprint density at radius 1 is 0.278 bits per heavy atom. The minimum atomic E-state index is -0.440. The fourth-order valence-electron chi connectivity index (χ4n) is 19.2. The van der Waals surface area contributed by atoms with Crippen LogP contribution in [0, 0.1) is 0 Å². The highest BCUT2D eigenvalue weighted by molar-refractivity contribution is 6.24. The predicted octanol–water partition coefficient (Wildman–Crippen LogP) is 22.8. The maximum absolute atomic E-state index is 2.72. The van der Waals surface area contributed by atoms with Crippen LogP contribution in [0.4, 0.5) is 0 Å². The summed E-state index contributed by atoms with van der Waals surface area (Å²) in [6, 6.07) is 95.6. The van der Waals surface area contributed by atoms with Crippen molar-refractivity contribution in [3.63, 3.8) is 0 Å². The molecule has 90 heavy (non-hydrogen) atoms. The normalized spacial score (nSPS) is 16.7. The fourth-order valence-corrected chi connectivity index (χ4v) is 19.2. The molecule has 0 radical (unpaired) electrons. The number of nitrogens with zero attached hydrogens (tertiary/aromatic N) is 2. The first-order chi connectivity index (χ1) is 43.9. The van der Waals surface area contributed by atoms with E-state index in [1.807, 2.05) is 0 Å². The molecule has 1 atom stereocenters. The lowest BCUT2D eigenvalue weighted by Gasteiger charge is -2.31. The zero-order valence-corrected chi connectivity index (χ0v) is 51.8. The predicted molar refractivity (Wildman–Crippen MR) is 377 cm³/mol. The Morgan fingerprint density at radius 3 is 1.38 bits per heavy atom. The molecule has 13 aromatic carbocycles. The van der Waals surface area contributed by atoms with Gasteiger partial charge in [0, 0.05) is 65.7 Å². The summed E-state index contributed by atoms with van der Waals surface area (Å²) in [5.74, 6) is 0. The van der Waals surface area contributed by atoms with Crippen LogP contribution >= 0.6 is 0 Å². The number of benzene rings is 13. The van der Waals surface area contributed by atoms with Crippen molar-refractivity contribution >= 4 is 54.4 Å². The summed E-state index contributed by atoms with van der Waals surface area (Å²) >= 11 is 0. The Labute approximate surface area is 525 Å². The van der Waals surface area contributed by atoms with Gasteiger partial charge in [0.25, 0.3) is 0 Å². The molecule has 0 spiro atoms. The number of aromatic nitrogens is 2. The van der Waals surface area contributed by atoms with Gasteiger partial charge in [0.2, 0.25) is 0 Å². The van der Waals surface area contributed by atoms with Gasteiger partial charge in [0.05, 0.1) is 22.1 Å². The largest absolute Gasteiger partial charge is 0.309 e. The van der Waals surface area contributed by atoms with Gasteiger partial charge in [-0.2, -0.15) is 0 Å². The summed E-state index contributed by atoms with van der Waals surface area (Å²) in [4.78, 5) is 0. The van der Waals surface area contributed by atoms with Crippen molar-refractivity contribution < 1.29 is 0 Å². The van der Waals surface area contributed by atoms with Crippen molar-refractivity contribution in [1.82, 2.24) is 9.13 Å². The summed E-state index contributed by atoms with van der Waals surface area (Å²) in [5, 5.41) is 7.98. The van der Waals surface area contributed by atoms with Gasteiger partial charge in [-0.1, -0.05) is 261 Å². The first kappa shape index (κ1) is 50.7. The highest BCUT2D eigenvalue weighted by atomic mass is 15.0. The second kappa shape index (κ2) is 17.1. The third-order valence-electron chi connectivity index (χ3n) is 22.7. The van der Waals surface area contributed by atoms with Gasteiger partial charge >= 0.3 is 0 Å². The summed E-state index contributed by atoms with van der Waals surface area (Å²) < 4.78 is 5.32. The van der Waals surface area contributed by atoms with Crippen molar-refractivity contribution in [3.8, 4) is 89.3 Å². The van der Waals surface area contributed by atoms with E-state index < -0.39 is 5.41 Å². The number of fused-ring (bicyclic) bond motifs is 27. The Bertz CT molecular complexity index is 5760. The minimum absolute atomic E-state index is 0.267. The Kier molecular flexibility index (Phi) is 9.64. The maximum Gasteiger partial charge on any atom is 0.0626 e. The van der Waals surface area contributed by atoms with Crippen molar-refractivity contribution in [2.24, 2.45) is 0 Å². The van der Waals surface area contributed by atoms with Crippen LogP contribution < -0.4 is 0 Å². The highest BCUT2D eigenvalue weighted by Crippen LogP contribution is 2.66. The van der Waals surface area contributed by atoms with Gasteiger partial charge in [-0.15, -0.1) is 0 Å². The summed E-state index contributed by atoms with van der Waals surface area (Å²) in [6.07, 6.45) is 0.798. The molecule has 0 bridgehead atoms. The zero-order chi connectivity index (χ0) is 60.1. The second-order valence-electron chi connectivity index (χ2n) is 28.4. The molecular formula is C88H64N2. The molecule has 0 saturated heterocycles. The summed E-state index contributed by atoms with van der Waals surface area (Å²) in [6.45, 7) is 17.5. The molecule has 15 aromatic rings. The molecule has 0 amide bonds. The van der Waals surface area contributed by atoms with Gasteiger partial charge in [-0.3, -0.25) is 0 Å². The third kappa shape index (κ3) is 6.06. The Hall–Kier alpha value is -10.3. The van der Waals surface area contributed by atoms with Crippen LogP contribution in [0.3, 0.4) is 0 Å². The SMILES string of the molecule is CC1(C)c2ccccc2-c2c1c1c(c3c4ccc(CC5(C)c6ccccc6-c6c5c5c(c7c8ccccc8n(-c8ccccc8)c67)C(C)(C)c6ccccc6-5)cc4n(-c4cccc(-c5ccc6c7c(cccc57)-c5ccccc5-6)c4)c23)C(C)(C)c2ccccc2-1. The van der Waals surface area contributed by atoms with E-state index in [0.29, 0.717) is 0 Å². The van der Waals surface area contributed by atoms with Crippen molar-refractivity contribution in [3.05, 3.63) is 299 Å². The van der Waals surface area contributed by atoms with Gasteiger partial charge in [-0.05, 0) is 170 Å². The van der Waals surface area contributed by atoms with E-state index >= 15 is 0 Å².